The van der Waals surface area contributed by atoms with E-state index in [1.807, 2.05) is 24.3 Å². The largest absolute Gasteiger partial charge is 0.376 e. The summed E-state index contributed by atoms with van der Waals surface area (Å²) in [5.41, 5.74) is 11.2. The summed E-state index contributed by atoms with van der Waals surface area (Å²) in [7, 11) is 0. The molecule has 2 aliphatic rings. The summed E-state index contributed by atoms with van der Waals surface area (Å²) in [6.07, 6.45) is 0. The SMILES string of the molecule is OC1(c2ccccc2N2c3ccccc3C(c3ccccc3)(c3ccccc3)c3ccccc32)c2ccccc2N(c2ccccc2)c2ccccc21. The van der Waals surface area contributed by atoms with Gasteiger partial charge in [-0.05, 0) is 64.7 Å². The summed E-state index contributed by atoms with van der Waals surface area (Å²) in [6.45, 7) is 0. The third-order valence-corrected chi connectivity index (χ3v) is 11.1. The molecule has 0 fully saturated rings. The highest BCUT2D eigenvalue weighted by molar-refractivity contribution is 5.93. The van der Waals surface area contributed by atoms with E-state index < -0.39 is 11.0 Å². The van der Waals surface area contributed by atoms with Gasteiger partial charge in [0.2, 0.25) is 0 Å². The van der Waals surface area contributed by atoms with Gasteiger partial charge in [-0.3, -0.25) is 0 Å². The summed E-state index contributed by atoms with van der Waals surface area (Å²) >= 11 is 0. The Labute approximate surface area is 310 Å². The van der Waals surface area contributed by atoms with Crippen molar-refractivity contribution < 1.29 is 5.11 Å². The monoisotopic (exact) mass is 680 g/mol. The van der Waals surface area contributed by atoms with Crippen LogP contribution in [-0.4, -0.2) is 5.11 Å². The van der Waals surface area contributed by atoms with Crippen LogP contribution in [0.25, 0.3) is 0 Å². The van der Waals surface area contributed by atoms with Crippen molar-refractivity contribution in [3.05, 3.63) is 251 Å². The molecule has 0 aliphatic carbocycles. The highest BCUT2D eigenvalue weighted by Gasteiger charge is 2.49. The third kappa shape index (κ3) is 4.45. The molecule has 53 heavy (non-hydrogen) atoms. The van der Waals surface area contributed by atoms with Crippen LogP contribution in [-0.2, 0) is 11.0 Å². The molecule has 3 nitrogen and oxygen atoms in total. The summed E-state index contributed by atoms with van der Waals surface area (Å²) in [5, 5.41) is 13.7. The zero-order chi connectivity index (χ0) is 35.4. The van der Waals surface area contributed by atoms with E-state index in [1.165, 1.54) is 22.3 Å². The number of rotatable bonds is 5. The predicted molar refractivity (Wildman–Crippen MR) is 216 cm³/mol. The first-order valence-electron chi connectivity index (χ1n) is 18.2. The Kier molecular flexibility index (Phi) is 7.17. The molecule has 0 saturated carbocycles. The van der Waals surface area contributed by atoms with Crippen LogP contribution in [0.2, 0.25) is 0 Å². The summed E-state index contributed by atoms with van der Waals surface area (Å²) in [4.78, 5) is 4.64. The maximum absolute atomic E-state index is 13.7. The lowest BCUT2D eigenvalue weighted by Crippen LogP contribution is -2.40. The van der Waals surface area contributed by atoms with E-state index in [1.54, 1.807) is 0 Å². The number of aliphatic hydroxyl groups is 1. The smallest absolute Gasteiger partial charge is 0.146 e. The summed E-state index contributed by atoms with van der Waals surface area (Å²) < 4.78 is 0. The van der Waals surface area contributed by atoms with Crippen molar-refractivity contribution in [1.29, 1.82) is 0 Å². The first-order chi connectivity index (χ1) is 26.2. The Hall–Kier alpha value is -6.68. The standard InChI is InChI=1S/C50H36N2O/c53-50(41-28-12-17-33-46(41)51(38-24-8-3-9-25-38)47-34-18-13-29-42(47)50)43-30-14-19-35-48(43)52-44-31-15-10-26-39(44)49(36-20-4-1-5-21-36,37-22-6-2-7-23-37)40-27-11-16-32-45(40)52/h1-35,53H. The van der Waals surface area contributed by atoms with Gasteiger partial charge in [0.1, 0.15) is 5.60 Å². The molecular formula is C50H36N2O. The van der Waals surface area contributed by atoms with Gasteiger partial charge < -0.3 is 14.9 Å². The molecule has 8 aromatic rings. The van der Waals surface area contributed by atoms with Gasteiger partial charge in [-0.1, -0.05) is 170 Å². The number of para-hydroxylation sites is 6. The fourth-order valence-corrected chi connectivity index (χ4v) is 9.01. The average Bonchev–Trinajstić information content (AvgIpc) is 3.24. The highest BCUT2D eigenvalue weighted by Crippen LogP contribution is 2.60. The van der Waals surface area contributed by atoms with Crippen molar-refractivity contribution in [1.82, 2.24) is 0 Å². The molecule has 0 atom stereocenters. The summed E-state index contributed by atoms with van der Waals surface area (Å²) in [6, 6.07) is 74.7. The van der Waals surface area contributed by atoms with Gasteiger partial charge in [0.05, 0.1) is 33.9 Å². The molecule has 0 aromatic heterocycles. The van der Waals surface area contributed by atoms with Gasteiger partial charge in [0.25, 0.3) is 0 Å². The fraction of sp³-hybridized carbons (Fsp3) is 0.0400. The second-order valence-corrected chi connectivity index (χ2v) is 13.8. The Balaban J connectivity index is 1.27. The van der Waals surface area contributed by atoms with Crippen molar-refractivity contribution in [3.63, 3.8) is 0 Å². The number of hydrogen-bond acceptors (Lipinski definition) is 3. The molecule has 3 heteroatoms. The van der Waals surface area contributed by atoms with Crippen molar-refractivity contribution in [2.45, 2.75) is 11.0 Å². The van der Waals surface area contributed by atoms with Crippen LogP contribution in [0.4, 0.5) is 34.1 Å². The van der Waals surface area contributed by atoms with Gasteiger partial charge in [-0.25, -0.2) is 0 Å². The van der Waals surface area contributed by atoms with Crippen LogP contribution < -0.4 is 9.80 Å². The molecule has 0 amide bonds. The lowest BCUT2D eigenvalue weighted by Gasteiger charge is -2.48. The minimum atomic E-state index is -1.48. The molecule has 1 N–H and O–H groups in total. The highest BCUT2D eigenvalue weighted by atomic mass is 16.3. The topological polar surface area (TPSA) is 26.7 Å². The Morgan fingerprint density at radius 2 is 0.566 bits per heavy atom. The van der Waals surface area contributed by atoms with Crippen molar-refractivity contribution in [3.8, 4) is 0 Å². The number of anilines is 6. The molecule has 0 saturated heterocycles. The zero-order valence-electron chi connectivity index (χ0n) is 29.0. The van der Waals surface area contributed by atoms with Crippen molar-refractivity contribution >= 4 is 34.1 Å². The van der Waals surface area contributed by atoms with Crippen LogP contribution >= 0.6 is 0 Å². The van der Waals surface area contributed by atoms with E-state index in [9.17, 15) is 5.11 Å². The first kappa shape index (κ1) is 31.1. The molecule has 0 bridgehead atoms. The van der Waals surface area contributed by atoms with E-state index in [0.29, 0.717) is 0 Å². The van der Waals surface area contributed by atoms with E-state index >= 15 is 0 Å². The van der Waals surface area contributed by atoms with Crippen LogP contribution in [0.5, 0.6) is 0 Å². The molecular weight excluding hydrogens is 645 g/mol. The second kappa shape index (κ2) is 12.2. The minimum absolute atomic E-state index is 0.585. The number of hydrogen-bond donors (Lipinski definition) is 1. The van der Waals surface area contributed by atoms with Crippen molar-refractivity contribution in [2.24, 2.45) is 0 Å². The van der Waals surface area contributed by atoms with Crippen LogP contribution in [0.3, 0.4) is 0 Å². The lowest BCUT2D eigenvalue weighted by atomic mass is 9.62. The molecule has 0 spiro atoms. The molecule has 2 aliphatic heterocycles. The van der Waals surface area contributed by atoms with Gasteiger partial charge >= 0.3 is 0 Å². The van der Waals surface area contributed by atoms with E-state index in [0.717, 1.165) is 50.8 Å². The molecule has 0 unspecified atom stereocenters. The first-order valence-corrected chi connectivity index (χ1v) is 18.2. The van der Waals surface area contributed by atoms with Gasteiger partial charge in [-0.15, -0.1) is 0 Å². The Morgan fingerprint density at radius 1 is 0.283 bits per heavy atom. The maximum Gasteiger partial charge on any atom is 0.146 e. The number of fused-ring (bicyclic) bond motifs is 4. The number of nitrogens with zero attached hydrogens (tertiary/aromatic N) is 2. The van der Waals surface area contributed by atoms with E-state index in [4.69, 9.17) is 0 Å². The summed E-state index contributed by atoms with van der Waals surface area (Å²) in [5.74, 6) is 0. The normalized spacial score (nSPS) is 14.7. The van der Waals surface area contributed by atoms with Crippen LogP contribution in [0.1, 0.15) is 38.9 Å². The average molecular weight is 681 g/mol. The van der Waals surface area contributed by atoms with Gasteiger partial charge in [0.15, 0.2) is 0 Å². The molecule has 2 heterocycles. The third-order valence-electron chi connectivity index (χ3n) is 11.1. The van der Waals surface area contributed by atoms with Crippen LogP contribution in [0.15, 0.2) is 212 Å². The van der Waals surface area contributed by atoms with Crippen LogP contribution in [0, 0.1) is 0 Å². The quantitative estimate of drug-likeness (QED) is 0.196. The van der Waals surface area contributed by atoms with E-state index in [-0.39, 0.29) is 0 Å². The second-order valence-electron chi connectivity index (χ2n) is 13.8. The minimum Gasteiger partial charge on any atom is -0.376 e. The van der Waals surface area contributed by atoms with E-state index in [2.05, 4.69) is 198 Å². The molecule has 0 radical (unpaired) electrons. The number of benzene rings is 8. The van der Waals surface area contributed by atoms with Crippen molar-refractivity contribution in [2.75, 3.05) is 9.80 Å². The molecule has 252 valence electrons. The molecule has 10 rings (SSSR count). The molecule has 8 aromatic carbocycles. The predicted octanol–water partition coefficient (Wildman–Crippen LogP) is 11.9. The Morgan fingerprint density at radius 3 is 0.962 bits per heavy atom. The fourth-order valence-electron chi connectivity index (χ4n) is 9.01. The van der Waals surface area contributed by atoms with Gasteiger partial charge in [-0.2, -0.15) is 0 Å². The Bertz CT molecular complexity index is 2460. The zero-order valence-corrected chi connectivity index (χ0v) is 29.0. The lowest BCUT2D eigenvalue weighted by molar-refractivity contribution is 0.126. The van der Waals surface area contributed by atoms with Gasteiger partial charge in [0, 0.05) is 22.4 Å². The maximum atomic E-state index is 13.7.